The van der Waals surface area contributed by atoms with Gasteiger partial charge in [-0.05, 0) is 36.5 Å². The van der Waals surface area contributed by atoms with Crippen molar-refractivity contribution in [3.63, 3.8) is 0 Å². The molecule has 0 aromatic heterocycles. The van der Waals surface area contributed by atoms with Gasteiger partial charge in [0.05, 0.1) is 0 Å². The van der Waals surface area contributed by atoms with Crippen LogP contribution in [0.3, 0.4) is 0 Å². The summed E-state index contributed by atoms with van der Waals surface area (Å²) in [6.45, 7) is 2.30. The van der Waals surface area contributed by atoms with Crippen LogP contribution in [0, 0.1) is 11.7 Å². The monoisotopic (exact) mass is 347 g/mol. The smallest absolute Gasteiger partial charge is 0.123 e. The third-order valence-electron chi connectivity index (χ3n) is 5.69. The van der Waals surface area contributed by atoms with Crippen molar-refractivity contribution in [3.05, 3.63) is 35.6 Å². The second kappa shape index (κ2) is 11.8. The molecule has 1 aliphatic heterocycles. The molecule has 1 aromatic carbocycles. The SMILES string of the molecule is CCCCCCC[Si]1CCC(CCCCc2ccc(F)cc2)CC1. The molecule has 2 rings (SSSR count). The van der Waals surface area contributed by atoms with E-state index in [4.69, 9.17) is 0 Å². The van der Waals surface area contributed by atoms with Crippen molar-refractivity contribution in [2.75, 3.05) is 0 Å². The molecule has 1 heterocycles. The molecule has 0 unspecified atom stereocenters. The fraction of sp³-hybridized carbons (Fsp3) is 0.727. The first-order chi connectivity index (χ1) is 11.8. The summed E-state index contributed by atoms with van der Waals surface area (Å²) in [7, 11) is 0.0203. The summed E-state index contributed by atoms with van der Waals surface area (Å²) in [4.78, 5) is 0. The number of benzene rings is 1. The van der Waals surface area contributed by atoms with Crippen LogP contribution >= 0.6 is 0 Å². The normalized spacial score (nSPS) is 16.6. The van der Waals surface area contributed by atoms with Gasteiger partial charge in [-0.15, -0.1) is 0 Å². The highest BCUT2D eigenvalue weighted by Crippen LogP contribution is 2.31. The Morgan fingerprint density at radius 3 is 2.33 bits per heavy atom. The molecule has 2 heteroatoms. The molecule has 0 bridgehead atoms. The summed E-state index contributed by atoms with van der Waals surface area (Å²) in [5, 5.41) is 0. The second-order valence-electron chi connectivity index (χ2n) is 7.73. The highest BCUT2D eigenvalue weighted by molar-refractivity contribution is 6.58. The average Bonchev–Trinajstić information content (AvgIpc) is 2.61. The summed E-state index contributed by atoms with van der Waals surface area (Å²) < 4.78 is 12.9. The molecule has 0 N–H and O–H groups in total. The summed E-state index contributed by atoms with van der Waals surface area (Å²) in [6, 6.07) is 11.8. The Labute approximate surface area is 150 Å². The van der Waals surface area contributed by atoms with Gasteiger partial charge in [-0.1, -0.05) is 95.0 Å². The fourth-order valence-electron chi connectivity index (χ4n) is 4.02. The molecule has 0 spiro atoms. The maximum Gasteiger partial charge on any atom is 0.123 e. The van der Waals surface area contributed by atoms with Gasteiger partial charge in [0.15, 0.2) is 0 Å². The van der Waals surface area contributed by atoms with Crippen molar-refractivity contribution < 1.29 is 4.39 Å². The first-order valence-corrected chi connectivity index (χ1v) is 12.5. The molecule has 0 atom stereocenters. The van der Waals surface area contributed by atoms with E-state index in [1.54, 1.807) is 30.3 Å². The van der Waals surface area contributed by atoms with Crippen LogP contribution in [0.15, 0.2) is 24.3 Å². The number of unbranched alkanes of at least 4 members (excludes halogenated alkanes) is 5. The predicted molar refractivity (Wildman–Crippen MR) is 106 cm³/mol. The topological polar surface area (TPSA) is 0 Å². The zero-order chi connectivity index (χ0) is 17.0. The third-order valence-corrected chi connectivity index (χ3v) is 8.74. The Balaban J connectivity index is 1.48. The molecule has 1 radical (unpaired) electrons. The summed E-state index contributed by atoms with van der Waals surface area (Å²) in [5.41, 5.74) is 1.29. The number of rotatable bonds is 11. The lowest BCUT2D eigenvalue weighted by Gasteiger charge is -2.27. The van der Waals surface area contributed by atoms with E-state index in [1.165, 1.54) is 69.8 Å². The molecule has 1 saturated heterocycles. The zero-order valence-corrected chi connectivity index (χ0v) is 16.7. The van der Waals surface area contributed by atoms with Gasteiger partial charge in [-0.25, -0.2) is 4.39 Å². The molecule has 0 aliphatic carbocycles. The van der Waals surface area contributed by atoms with E-state index in [0.29, 0.717) is 0 Å². The minimum atomic E-state index is -0.121. The van der Waals surface area contributed by atoms with E-state index in [0.717, 1.165) is 12.3 Å². The molecule has 0 nitrogen and oxygen atoms in total. The van der Waals surface area contributed by atoms with Gasteiger partial charge in [-0.3, -0.25) is 0 Å². The third kappa shape index (κ3) is 7.96. The summed E-state index contributed by atoms with van der Waals surface area (Å²) >= 11 is 0. The van der Waals surface area contributed by atoms with Gasteiger partial charge in [0.25, 0.3) is 0 Å². The molecule has 1 aliphatic rings. The Hall–Kier alpha value is -0.633. The highest BCUT2D eigenvalue weighted by Gasteiger charge is 2.21. The first-order valence-electron chi connectivity index (χ1n) is 10.4. The highest BCUT2D eigenvalue weighted by atomic mass is 28.3. The van der Waals surface area contributed by atoms with Crippen molar-refractivity contribution in [1.82, 2.24) is 0 Å². The van der Waals surface area contributed by atoms with E-state index < -0.39 is 0 Å². The quantitative estimate of drug-likeness (QED) is 0.289. The van der Waals surface area contributed by atoms with Crippen LogP contribution in [0.1, 0.15) is 76.7 Å². The Morgan fingerprint density at radius 2 is 1.62 bits per heavy atom. The molecule has 0 saturated carbocycles. The van der Waals surface area contributed by atoms with E-state index in [2.05, 4.69) is 6.92 Å². The first kappa shape index (κ1) is 19.7. The minimum Gasteiger partial charge on any atom is -0.207 e. The van der Waals surface area contributed by atoms with E-state index in [1.807, 2.05) is 12.1 Å². The minimum absolute atomic E-state index is 0.0203. The van der Waals surface area contributed by atoms with Crippen molar-refractivity contribution >= 4 is 8.80 Å². The summed E-state index contributed by atoms with van der Waals surface area (Å²) in [6.07, 6.45) is 15.4. The molecular formula is C22H36FSi. The van der Waals surface area contributed by atoms with Gasteiger partial charge < -0.3 is 0 Å². The average molecular weight is 348 g/mol. The largest absolute Gasteiger partial charge is 0.207 e. The van der Waals surface area contributed by atoms with Gasteiger partial charge >= 0.3 is 0 Å². The van der Waals surface area contributed by atoms with E-state index >= 15 is 0 Å². The van der Waals surface area contributed by atoms with Crippen LogP contribution in [0.25, 0.3) is 0 Å². The Morgan fingerprint density at radius 1 is 0.917 bits per heavy atom. The van der Waals surface area contributed by atoms with Crippen molar-refractivity contribution in [3.8, 4) is 0 Å². The lowest BCUT2D eigenvalue weighted by Crippen LogP contribution is -2.21. The van der Waals surface area contributed by atoms with Crippen LogP contribution in [-0.2, 0) is 6.42 Å². The molecule has 135 valence electrons. The number of hydrogen-bond donors (Lipinski definition) is 0. The van der Waals surface area contributed by atoms with Crippen LogP contribution in [0.4, 0.5) is 4.39 Å². The number of aryl methyl sites for hydroxylation is 1. The fourth-order valence-corrected chi connectivity index (χ4v) is 7.15. The van der Waals surface area contributed by atoms with Crippen molar-refractivity contribution in [2.45, 2.75) is 95.7 Å². The number of halogens is 1. The Bertz CT molecular complexity index is 420. The van der Waals surface area contributed by atoms with E-state index in [9.17, 15) is 4.39 Å². The van der Waals surface area contributed by atoms with Gasteiger partial charge in [0, 0.05) is 8.80 Å². The molecule has 0 amide bonds. The van der Waals surface area contributed by atoms with Crippen LogP contribution in [0.5, 0.6) is 0 Å². The van der Waals surface area contributed by atoms with E-state index in [-0.39, 0.29) is 14.6 Å². The van der Waals surface area contributed by atoms with Crippen LogP contribution in [0.2, 0.25) is 18.1 Å². The molecule has 1 fully saturated rings. The van der Waals surface area contributed by atoms with Crippen LogP contribution in [-0.4, -0.2) is 8.80 Å². The second-order valence-corrected chi connectivity index (χ2v) is 10.7. The zero-order valence-electron chi connectivity index (χ0n) is 15.7. The standard InChI is InChI=1S/C22H36FSi/c1-2-3-4-5-8-17-24-18-15-21(16-19-24)10-7-6-9-20-11-13-22(23)14-12-20/h11-14,21H,2-10,15-19H2,1H3. The van der Waals surface area contributed by atoms with Gasteiger partial charge in [-0.2, -0.15) is 0 Å². The molecular weight excluding hydrogens is 311 g/mol. The summed E-state index contributed by atoms with van der Waals surface area (Å²) in [5.74, 6) is 0.885. The maximum absolute atomic E-state index is 12.9. The van der Waals surface area contributed by atoms with Crippen molar-refractivity contribution in [2.24, 2.45) is 5.92 Å². The maximum atomic E-state index is 12.9. The van der Waals surface area contributed by atoms with Crippen LogP contribution < -0.4 is 0 Å². The Kier molecular flexibility index (Phi) is 9.71. The van der Waals surface area contributed by atoms with Gasteiger partial charge in [0.1, 0.15) is 5.82 Å². The molecule has 1 aromatic rings. The predicted octanol–water partition coefficient (Wildman–Crippen LogP) is 7.41. The van der Waals surface area contributed by atoms with Gasteiger partial charge in [0.2, 0.25) is 0 Å². The lowest BCUT2D eigenvalue weighted by atomic mass is 9.95. The lowest BCUT2D eigenvalue weighted by molar-refractivity contribution is 0.417. The van der Waals surface area contributed by atoms with Crippen molar-refractivity contribution in [1.29, 1.82) is 0 Å². The molecule has 24 heavy (non-hydrogen) atoms. The number of hydrogen-bond acceptors (Lipinski definition) is 0.